The van der Waals surface area contributed by atoms with E-state index in [2.05, 4.69) is 10.4 Å². The Labute approximate surface area is 136 Å². The Balaban J connectivity index is 1.97. The molecule has 7 nitrogen and oxygen atoms in total. The van der Waals surface area contributed by atoms with E-state index in [4.69, 9.17) is 5.11 Å². The average Bonchev–Trinajstić information content (AvgIpc) is 2.89. The highest BCUT2D eigenvalue weighted by atomic mass is 16.4. The van der Waals surface area contributed by atoms with Gasteiger partial charge in [-0.25, -0.2) is 4.79 Å². The van der Waals surface area contributed by atoms with Crippen LogP contribution in [0.2, 0.25) is 0 Å². The van der Waals surface area contributed by atoms with E-state index in [-0.39, 0.29) is 12.6 Å². The molecular formula is C16H26N4O3. The Hall–Kier alpha value is -2.05. The maximum atomic E-state index is 12.2. The van der Waals surface area contributed by atoms with E-state index in [0.29, 0.717) is 11.9 Å². The van der Waals surface area contributed by atoms with Crippen molar-refractivity contribution in [2.75, 3.05) is 18.9 Å². The molecule has 1 heterocycles. The fraction of sp³-hybridized carbons (Fsp3) is 0.688. The summed E-state index contributed by atoms with van der Waals surface area (Å²) in [6, 6.07) is 0.0768. The standard InChI is InChI=1S/C16H26N4O3/c1-11-10-20(13-7-5-4-6-8-13)18-14(11)17-16(23)19(3)9-12(2)15(21)22/h10,12-13H,4-9H2,1-3H3,(H,21,22)(H,17,18,23). The number of hydrogen-bond donors (Lipinski definition) is 2. The zero-order valence-corrected chi connectivity index (χ0v) is 14.1. The molecule has 1 saturated carbocycles. The van der Waals surface area contributed by atoms with E-state index >= 15 is 0 Å². The lowest BCUT2D eigenvalue weighted by atomic mass is 9.96. The SMILES string of the molecule is Cc1cn(C2CCCCC2)nc1NC(=O)N(C)CC(C)C(=O)O. The molecule has 2 rings (SSSR count). The van der Waals surface area contributed by atoms with Gasteiger partial charge in [0.05, 0.1) is 12.0 Å². The van der Waals surface area contributed by atoms with Gasteiger partial charge in [0.25, 0.3) is 0 Å². The highest BCUT2D eigenvalue weighted by Gasteiger charge is 2.21. The van der Waals surface area contributed by atoms with Gasteiger partial charge >= 0.3 is 12.0 Å². The smallest absolute Gasteiger partial charge is 0.322 e. The maximum absolute atomic E-state index is 12.2. The molecule has 0 aliphatic heterocycles. The van der Waals surface area contributed by atoms with Gasteiger partial charge in [-0.1, -0.05) is 26.2 Å². The minimum absolute atomic E-state index is 0.156. The van der Waals surface area contributed by atoms with E-state index in [1.807, 2.05) is 17.8 Å². The van der Waals surface area contributed by atoms with Gasteiger partial charge in [0, 0.05) is 25.4 Å². The molecule has 7 heteroatoms. The fourth-order valence-corrected chi connectivity index (χ4v) is 2.91. The third-order valence-corrected chi connectivity index (χ3v) is 4.41. The minimum atomic E-state index is -0.914. The number of carboxylic acid groups (broad SMARTS) is 1. The van der Waals surface area contributed by atoms with Crippen LogP contribution in [-0.4, -0.2) is 45.4 Å². The van der Waals surface area contributed by atoms with Crippen LogP contribution in [0.15, 0.2) is 6.20 Å². The van der Waals surface area contributed by atoms with Crippen molar-refractivity contribution < 1.29 is 14.7 Å². The third kappa shape index (κ3) is 4.46. The van der Waals surface area contributed by atoms with E-state index < -0.39 is 11.9 Å². The van der Waals surface area contributed by atoms with Crippen molar-refractivity contribution in [3.05, 3.63) is 11.8 Å². The molecule has 0 spiro atoms. The summed E-state index contributed by atoms with van der Waals surface area (Å²) in [5.41, 5.74) is 0.920. The van der Waals surface area contributed by atoms with Gasteiger partial charge in [-0.15, -0.1) is 0 Å². The van der Waals surface area contributed by atoms with Crippen LogP contribution in [-0.2, 0) is 4.79 Å². The molecule has 2 amide bonds. The second-order valence-corrected chi connectivity index (χ2v) is 6.48. The van der Waals surface area contributed by atoms with Gasteiger partial charge in [-0.05, 0) is 19.8 Å². The number of amides is 2. The summed E-state index contributed by atoms with van der Waals surface area (Å²) in [4.78, 5) is 24.4. The molecule has 1 unspecified atom stereocenters. The molecule has 1 aliphatic rings. The van der Waals surface area contributed by atoms with Crippen LogP contribution in [0.5, 0.6) is 0 Å². The van der Waals surface area contributed by atoms with Crippen LogP contribution in [0.25, 0.3) is 0 Å². The molecule has 0 bridgehead atoms. The normalized spacial score (nSPS) is 16.8. The molecule has 0 aromatic carbocycles. The zero-order valence-electron chi connectivity index (χ0n) is 14.1. The number of hydrogen-bond acceptors (Lipinski definition) is 3. The summed E-state index contributed by atoms with van der Waals surface area (Å²) in [6.07, 6.45) is 7.97. The second-order valence-electron chi connectivity index (χ2n) is 6.48. The first-order valence-corrected chi connectivity index (χ1v) is 8.19. The van der Waals surface area contributed by atoms with Crippen molar-refractivity contribution in [1.29, 1.82) is 0 Å². The van der Waals surface area contributed by atoms with Crippen molar-refractivity contribution in [3.8, 4) is 0 Å². The number of aromatic nitrogens is 2. The summed E-state index contributed by atoms with van der Waals surface area (Å²) >= 11 is 0. The first-order chi connectivity index (χ1) is 10.9. The monoisotopic (exact) mass is 322 g/mol. The highest BCUT2D eigenvalue weighted by molar-refractivity contribution is 5.89. The lowest BCUT2D eigenvalue weighted by molar-refractivity contribution is -0.141. The van der Waals surface area contributed by atoms with E-state index in [0.717, 1.165) is 18.4 Å². The van der Waals surface area contributed by atoms with Crippen molar-refractivity contribution >= 4 is 17.8 Å². The Morgan fingerprint density at radius 2 is 2.09 bits per heavy atom. The number of anilines is 1. The highest BCUT2D eigenvalue weighted by Crippen LogP contribution is 2.29. The largest absolute Gasteiger partial charge is 0.481 e. The third-order valence-electron chi connectivity index (χ3n) is 4.41. The van der Waals surface area contributed by atoms with Crippen LogP contribution in [0.4, 0.5) is 10.6 Å². The number of aliphatic carboxylic acids is 1. The van der Waals surface area contributed by atoms with Gasteiger partial charge < -0.3 is 10.0 Å². The topological polar surface area (TPSA) is 87.5 Å². The van der Waals surface area contributed by atoms with Crippen LogP contribution in [0.1, 0.15) is 50.6 Å². The molecule has 2 N–H and O–H groups in total. The van der Waals surface area contributed by atoms with Gasteiger partial charge in [0.15, 0.2) is 5.82 Å². The average molecular weight is 322 g/mol. The number of carbonyl (C=O) groups excluding carboxylic acids is 1. The second kappa shape index (κ2) is 7.48. The summed E-state index contributed by atoms with van der Waals surface area (Å²) in [5, 5.41) is 16.2. The molecule has 0 radical (unpaired) electrons. The molecule has 1 aromatic rings. The Kier molecular flexibility index (Phi) is 5.63. The maximum Gasteiger partial charge on any atom is 0.322 e. The molecule has 1 atom stereocenters. The molecule has 128 valence electrons. The Bertz CT molecular complexity index is 564. The molecule has 1 aromatic heterocycles. The number of urea groups is 1. The van der Waals surface area contributed by atoms with Crippen molar-refractivity contribution in [1.82, 2.24) is 14.7 Å². The van der Waals surface area contributed by atoms with E-state index in [1.54, 1.807) is 14.0 Å². The summed E-state index contributed by atoms with van der Waals surface area (Å²) in [5.74, 6) is -0.968. The van der Waals surface area contributed by atoms with Gasteiger partial charge in [-0.2, -0.15) is 5.10 Å². The lowest BCUT2D eigenvalue weighted by Crippen LogP contribution is -2.36. The summed E-state index contributed by atoms with van der Waals surface area (Å²) in [7, 11) is 1.59. The molecule has 0 saturated heterocycles. The number of nitrogens with one attached hydrogen (secondary N) is 1. The first-order valence-electron chi connectivity index (χ1n) is 8.19. The van der Waals surface area contributed by atoms with Crippen molar-refractivity contribution in [2.24, 2.45) is 5.92 Å². The number of aryl methyl sites for hydroxylation is 1. The summed E-state index contributed by atoms with van der Waals surface area (Å²) < 4.78 is 1.96. The lowest BCUT2D eigenvalue weighted by Gasteiger charge is -2.22. The zero-order chi connectivity index (χ0) is 17.0. The Morgan fingerprint density at radius 3 is 2.70 bits per heavy atom. The number of rotatable bonds is 5. The van der Waals surface area contributed by atoms with Crippen molar-refractivity contribution in [2.45, 2.75) is 52.0 Å². The first kappa shape index (κ1) is 17.3. The summed E-state index contributed by atoms with van der Waals surface area (Å²) in [6.45, 7) is 3.65. The number of carboxylic acids is 1. The number of nitrogens with zero attached hydrogens (tertiary/aromatic N) is 3. The van der Waals surface area contributed by atoms with Crippen LogP contribution >= 0.6 is 0 Å². The quantitative estimate of drug-likeness (QED) is 0.872. The predicted octanol–water partition coefficient (Wildman–Crippen LogP) is 2.88. The van der Waals surface area contributed by atoms with Gasteiger partial charge in [-0.3, -0.25) is 14.8 Å². The predicted molar refractivity (Wildman–Crippen MR) is 87.5 cm³/mol. The van der Waals surface area contributed by atoms with Crippen LogP contribution in [0.3, 0.4) is 0 Å². The van der Waals surface area contributed by atoms with Crippen molar-refractivity contribution in [3.63, 3.8) is 0 Å². The molecule has 1 aliphatic carbocycles. The van der Waals surface area contributed by atoms with Gasteiger partial charge in [0.2, 0.25) is 0 Å². The Morgan fingerprint density at radius 1 is 1.43 bits per heavy atom. The van der Waals surface area contributed by atoms with Crippen LogP contribution < -0.4 is 5.32 Å². The molecule has 23 heavy (non-hydrogen) atoms. The fourth-order valence-electron chi connectivity index (χ4n) is 2.91. The minimum Gasteiger partial charge on any atom is -0.481 e. The number of carbonyl (C=O) groups is 2. The van der Waals surface area contributed by atoms with E-state index in [9.17, 15) is 9.59 Å². The molecule has 1 fully saturated rings. The molecular weight excluding hydrogens is 296 g/mol. The van der Waals surface area contributed by atoms with Crippen LogP contribution in [0, 0.1) is 12.8 Å². The van der Waals surface area contributed by atoms with E-state index in [1.165, 1.54) is 24.2 Å². The van der Waals surface area contributed by atoms with Gasteiger partial charge in [0.1, 0.15) is 0 Å².